The number of rotatable bonds is 3. The lowest BCUT2D eigenvalue weighted by atomic mass is 10.1. The van der Waals surface area contributed by atoms with Crippen molar-refractivity contribution >= 4 is 34.6 Å². The van der Waals surface area contributed by atoms with Crippen molar-refractivity contribution in [3.05, 3.63) is 52.5 Å². The molecule has 0 aliphatic heterocycles. The van der Waals surface area contributed by atoms with Crippen molar-refractivity contribution in [2.75, 3.05) is 30.0 Å². The fourth-order valence-electron chi connectivity index (χ4n) is 2.02. The van der Waals surface area contributed by atoms with Crippen molar-refractivity contribution in [2.24, 2.45) is 0 Å². The third-order valence-electron chi connectivity index (χ3n) is 3.14. The molecule has 0 saturated carbocycles. The summed E-state index contributed by atoms with van der Waals surface area (Å²) in [5.41, 5.74) is 9.51. The lowest BCUT2D eigenvalue weighted by Crippen LogP contribution is -2.15. The third-order valence-corrected chi connectivity index (χ3v) is 3.46. The van der Waals surface area contributed by atoms with Gasteiger partial charge in [-0.05, 0) is 42.8 Å². The van der Waals surface area contributed by atoms with E-state index in [1.54, 1.807) is 24.3 Å². The Morgan fingerprint density at radius 1 is 1.19 bits per heavy atom. The van der Waals surface area contributed by atoms with Crippen molar-refractivity contribution in [1.82, 2.24) is 0 Å². The second-order valence-electron chi connectivity index (χ2n) is 5.11. The zero-order valence-corrected chi connectivity index (χ0v) is 13.0. The van der Waals surface area contributed by atoms with E-state index in [9.17, 15) is 4.79 Å². The number of nitrogen functional groups attached to an aromatic ring is 1. The van der Waals surface area contributed by atoms with E-state index in [-0.39, 0.29) is 5.91 Å². The van der Waals surface area contributed by atoms with Gasteiger partial charge in [-0.25, -0.2) is 0 Å². The molecular weight excluding hydrogens is 286 g/mol. The van der Waals surface area contributed by atoms with Gasteiger partial charge in [0.25, 0.3) is 5.91 Å². The molecule has 1 amide bonds. The van der Waals surface area contributed by atoms with Gasteiger partial charge in [-0.1, -0.05) is 17.7 Å². The summed E-state index contributed by atoms with van der Waals surface area (Å²) < 4.78 is 0. The van der Waals surface area contributed by atoms with Crippen LogP contribution in [0.4, 0.5) is 17.1 Å². The van der Waals surface area contributed by atoms with Gasteiger partial charge in [0.2, 0.25) is 0 Å². The van der Waals surface area contributed by atoms with Gasteiger partial charge in [0.05, 0.1) is 22.1 Å². The minimum Gasteiger partial charge on any atom is -0.397 e. The zero-order valence-electron chi connectivity index (χ0n) is 12.3. The number of nitrogens with zero attached hydrogens (tertiary/aromatic N) is 1. The smallest absolute Gasteiger partial charge is 0.255 e. The van der Waals surface area contributed by atoms with Crippen LogP contribution in [0.25, 0.3) is 0 Å². The molecule has 0 radical (unpaired) electrons. The molecule has 3 N–H and O–H groups in total. The minimum absolute atomic E-state index is 0.238. The fourth-order valence-corrected chi connectivity index (χ4v) is 2.30. The number of carbonyl (C=O) groups excluding carboxylic acids is 1. The van der Waals surface area contributed by atoms with E-state index in [1.807, 2.05) is 38.1 Å². The lowest BCUT2D eigenvalue weighted by Gasteiger charge is -2.16. The summed E-state index contributed by atoms with van der Waals surface area (Å²) in [6.07, 6.45) is 0. The molecule has 0 spiro atoms. The molecule has 0 fully saturated rings. The van der Waals surface area contributed by atoms with Crippen molar-refractivity contribution in [2.45, 2.75) is 6.92 Å². The first-order chi connectivity index (χ1) is 9.88. The standard InChI is InChI=1S/C16H18ClN3O/c1-10-4-6-14(12(17)8-10)19-16(21)11-5-7-15(20(2)3)13(18)9-11/h4-9H,18H2,1-3H3,(H,19,21). The Labute approximate surface area is 129 Å². The molecule has 0 bridgehead atoms. The molecule has 2 aromatic carbocycles. The van der Waals surface area contributed by atoms with E-state index in [0.29, 0.717) is 22.0 Å². The monoisotopic (exact) mass is 303 g/mol. The summed E-state index contributed by atoms with van der Waals surface area (Å²) in [5.74, 6) is -0.238. The Hall–Kier alpha value is -2.20. The summed E-state index contributed by atoms with van der Waals surface area (Å²) in [5, 5.41) is 3.30. The number of hydrogen-bond donors (Lipinski definition) is 2. The van der Waals surface area contributed by atoms with Crippen LogP contribution in [-0.2, 0) is 0 Å². The second kappa shape index (κ2) is 6.06. The Kier molecular flexibility index (Phi) is 4.38. The molecule has 110 valence electrons. The lowest BCUT2D eigenvalue weighted by molar-refractivity contribution is 0.102. The normalized spacial score (nSPS) is 10.3. The number of aryl methyl sites for hydroxylation is 1. The number of nitrogens with one attached hydrogen (secondary N) is 1. The number of hydrogen-bond acceptors (Lipinski definition) is 3. The first-order valence-corrected chi connectivity index (χ1v) is 6.90. The molecule has 2 rings (SSSR count). The highest BCUT2D eigenvalue weighted by atomic mass is 35.5. The van der Waals surface area contributed by atoms with Gasteiger partial charge in [0.15, 0.2) is 0 Å². The molecule has 0 heterocycles. The molecular formula is C16H18ClN3O. The topological polar surface area (TPSA) is 58.4 Å². The minimum atomic E-state index is -0.238. The second-order valence-corrected chi connectivity index (χ2v) is 5.51. The molecule has 0 saturated heterocycles. The van der Waals surface area contributed by atoms with E-state index >= 15 is 0 Å². The molecule has 0 unspecified atom stereocenters. The van der Waals surface area contributed by atoms with Crippen molar-refractivity contribution in [3.63, 3.8) is 0 Å². The van der Waals surface area contributed by atoms with Crippen LogP contribution in [-0.4, -0.2) is 20.0 Å². The Morgan fingerprint density at radius 3 is 2.48 bits per heavy atom. The number of anilines is 3. The summed E-state index contributed by atoms with van der Waals surface area (Å²) >= 11 is 6.11. The van der Waals surface area contributed by atoms with E-state index < -0.39 is 0 Å². The van der Waals surface area contributed by atoms with Crippen LogP contribution in [0.1, 0.15) is 15.9 Å². The third kappa shape index (κ3) is 3.47. The van der Waals surface area contributed by atoms with Gasteiger partial charge in [0, 0.05) is 19.7 Å². The first-order valence-electron chi connectivity index (χ1n) is 6.53. The Morgan fingerprint density at radius 2 is 1.90 bits per heavy atom. The van der Waals surface area contributed by atoms with E-state index in [1.165, 1.54) is 0 Å². The predicted octanol–water partition coefficient (Wildman–Crippen LogP) is 3.55. The average molecular weight is 304 g/mol. The number of halogens is 1. The Balaban J connectivity index is 2.22. The highest BCUT2D eigenvalue weighted by molar-refractivity contribution is 6.34. The number of amides is 1. The molecule has 0 aromatic heterocycles. The van der Waals surface area contributed by atoms with Crippen molar-refractivity contribution in [3.8, 4) is 0 Å². The van der Waals surface area contributed by atoms with Crippen LogP contribution in [0.15, 0.2) is 36.4 Å². The summed E-state index contributed by atoms with van der Waals surface area (Å²) in [7, 11) is 3.80. The molecule has 0 atom stereocenters. The Bertz CT molecular complexity index is 683. The molecule has 4 nitrogen and oxygen atoms in total. The maximum absolute atomic E-state index is 12.2. The van der Waals surface area contributed by atoms with Gasteiger partial charge < -0.3 is 16.0 Å². The largest absolute Gasteiger partial charge is 0.397 e. The average Bonchev–Trinajstić information content (AvgIpc) is 2.41. The molecule has 2 aromatic rings. The molecule has 21 heavy (non-hydrogen) atoms. The number of nitrogens with two attached hydrogens (primary N) is 1. The fraction of sp³-hybridized carbons (Fsp3) is 0.188. The number of carbonyl (C=O) groups is 1. The molecule has 5 heteroatoms. The van der Waals surface area contributed by atoms with Crippen LogP contribution >= 0.6 is 11.6 Å². The van der Waals surface area contributed by atoms with Gasteiger partial charge in [-0.3, -0.25) is 4.79 Å². The first kappa shape index (κ1) is 15.2. The van der Waals surface area contributed by atoms with Crippen LogP contribution in [0.5, 0.6) is 0 Å². The highest BCUT2D eigenvalue weighted by Gasteiger charge is 2.11. The van der Waals surface area contributed by atoms with E-state index in [2.05, 4.69) is 5.32 Å². The molecule has 0 aliphatic carbocycles. The van der Waals surface area contributed by atoms with E-state index in [0.717, 1.165) is 11.3 Å². The SMILES string of the molecule is Cc1ccc(NC(=O)c2ccc(N(C)C)c(N)c2)c(Cl)c1. The van der Waals surface area contributed by atoms with Gasteiger partial charge >= 0.3 is 0 Å². The van der Waals surface area contributed by atoms with Crippen LogP contribution in [0.2, 0.25) is 5.02 Å². The van der Waals surface area contributed by atoms with Gasteiger partial charge in [-0.2, -0.15) is 0 Å². The summed E-state index contributed by atoms with van der Waals surface area (Å²) in [4.78, 5) is 14.1. The van der Waals surface area contributed by atoms with Crippen LogP contribution in [0, 0.1) is 6.92 Å². The van der Waals surface area contributed by atoms with Gasteiger partial charge in [-0.15, -0.1) is 0 Å². The van der Waals surface area contributed by atoms with Crippen LogP contribution in [0.3, 0.4) is 0 Å². The maximum atomic E-state index is 12.2. The zero-order chi connectivity index (χ0) is 15.6. The van der Waals surface area contributed by atoms with Crippen molar-refractivity contribution in [1.29, 1.82) is 0 Å². The van der Waals surface area contributed by atoms with Crippen molar-refractivity contribution < 1.29 is 4.79 Å². The maximum Gasteiger partial charge on any atom is 0.255 e. The summed E-state index contributed by atoms with van der Waals surface area (Å²) in [6.45, 7) is 1.94. The van der Waals surface area contributed by atoms with E-state index in [4.69, 9.17) is 17.3 Å². The predicted molar refractivity (Wildman–Crippen MR) is 89.3 cm³/mol. The number of benzene rings is 2. The quantitative estimate of drug-likeness (QED) is 0.853. The molecule has 0 aliphatic rings. The highest BCUT2D eigenvalue weighted by Crippen LogP contribution is 2.25. The van der Waals surface area contributed by atoms with Crippen LogP contribution < -0.4 is 16.0 Å². The van der Waals surface area contributed by atoms with Gasteiger partial charge in [0.1, 0.15) is 0 Å². The summed E-state index contributed by atoms with van der Waals surface area (Å²) in [6, 6.07) is 10.7.